The second kappa shape index (κ2) is 12.3. The Kier molecular flexibility index (Phi) is 8.54. The fraction of sp³-hybridized carbons (Fsp3) is 0.276. The number of methoxy groups -OCH3 is 1. The number of carbonyl (C=O) groups excluding carboxylic acids is 2. The van der Waals surface area contributed by atoms with Crippen LogP contribution >= 0.6 is 0 Å². The summed E-state index contributed by atoms with van der Waals surface area (Å²) in [6.07, 6.45) is -1.74. The molecule has 1 aromatic heterocycles. The van der Waals surface area contributed by atoms with Gasteiger partial charge in [-0.3, -0.25) is 0 Å². The van der Waals surface area contributed by atoms with Gasteiger partial charge in [-0.1, -0.05) is 0 Å². The number of alkyl halides is 3. The number of halogens is 3. The molecule has 4 aromatic rings. The Hall–Kier alpha value is -3.98. The molecule has 1 aliphatic heterocycles. The maximum absolute atomic E-state index is 13.2. The average Bonchev–Trinajstić information content (AvgIpc) is 3.38. The van der Waals surface area contributed by atoms with Crippen molar-refractivity contribution in [2.75, 3.05) is 25.1 Å². The predicted octanol–water partition coefficient (Wildman–Crippen LogP) is 4.38. The van der Waals surface area contributed by atoms with E-state index in [2.05, 4.69) is 15.2 Å². The number of nitrogens with zero attached hydrogens (tertiary/aromatic N) is 3. The molecule has 1 aliphatic rings. The van der Waals surface area contributed by atoms with Gasteiger partial charge in [0.15, 0.2) is 0 Å². The van der Waals surface area contributed by atoms with Crippen LogP contribution in [0.5, 0.6) is 5.75 Å². The molecule has 214 valence electrons. The molecule has 12 heteroatoms. The van der Waals surface area contributed by atoms with Crippen molar-refractivity contribution in [3.05, 3.63) is 84.1 Å². The number of amides is 1. The van der Waals surface area contributed by atoms with Crippen LogP contribution in [-0.2, 0) is 17.6 Å². The number of ether oxygens (including phenoxy) is 2. The first kappa shape index (κ1) is 28.5. The molecule has 1 amide bonds. The van der Waals surface area contributed by atoms with Crippen LogP contribution in [0.1, 0.15) is 17.5 Å². The van der Waals surface area contributed by atoms with E-state index in [4.69, 9.17) is 4.74 Å². The Balaban J connectivity index is 1.31. The first-order valence-corrected chi connectivity index (χ1v) is 15.1. The Morgan fingerprint density at radius 2 is 1.90 bits per heavy atom. The standard InChI is InChI=1S/C29H28AsF3N4O4/c1-40-28(39)37-25-11-5-10-24(23(25)17-34-37)30-27(38)35-21-15-20-12-13-22(41-29(31,32)33)16-26(20)36(18-21)14-6-9-19-7-3-2-4-8-19/h2-5,7-8,10-13,16-17,21,30H,6,9,14-15,18H2,1H3,(H,35,38). The summed E-state index contributed by atoms with van der Waals surface area (Å²) in [5.41, 5.74) is 3.27. The second-order valence-electron chi connectivity index (χ2n) is 9.64. The topological polar surface area (TPSA) is 85.7 Å². The molecule has 2 unspecified atom stereocenters. The Bertz CT molecular complexity index is 1540. The van der Waals surface area contributed by atoms with E-state index in [1.807, 2.05) is 41.3 Å². The van der Waals surface area contributed by atoms with Gasteiger partial charge < -0.3 is 0 Å². The van der Waals surface area contributed by atoms with E-state index in [1.54, 1.807) is 24.4 Å². The van der Waals surface area contributed by atoms with Crippen LogP contribution in [0, 0.1) is 0 Å². The van der Waals surface area contributed by atoms with Gasteiger partial charge >= 0.3 is 241 Å². The molecule has 0 bridgehead atoms. The number of fused-ring (bicyclic) bond motifs is 2. The van der Waals surface area contributed by atoms with Crippen molar-refractivity contribution < 1.29 is 32.2 Å². The van der Waals surface area contributed by atoms with Crippen molar-refractivity contribution >= 4 is 47.5 Å². The number of aromatic nitrogens is 2. The summed E-state index contributed by atoms with van der Waals surface area (Å²) in [4.78, 5) is 27.2. The third kappa shape index (κ3) is 7.03. The summed E-state index contributed by atoms with van der Waals surface area (Å²) in [5, 5.41) is 7.98. The van der Waals surface area contributed by atoms with Crippen LogP contribution in [0.25, 0.3) is 10.9 Å². The molecule has 41 heavy (non-hydrogen) atoms. The van der Waals surface area contributed by atoms with E-state index in [9.17, 15) is 22.8 Å². The average molecular weight is 628 g/mol. The third-order valence-electron chi connectivity index (χ3n) is 6.82. The zero-order chi connectivity index (χ0) is 29.0. The van der Waals surface area contributed by atoms with Gasteiger partial charge in [0, 0.05) is 0 Å². The Morgan fingerprint density at radius 3 is 2.66 bits per heavy atom. The van der Waals surface area contributed by atoms with E-state index in [1.165, 1.54) is 24.8 Å². The summed E-state index contributed by atoms with van der Waals surface area (Å²) in [6, 6.07) is 19.5. The number of rotatable bonds is 8. The van der Waals surface area contributed by atoms with Crippen LogP contribution in [0.4, 0.5) is 28.4 Å². The molecule has 0 aliphatic carbocycles. The number of hydrogen-bond acceptors (Lipinski definition) is 6. The fourth-order valence-electron chi connectivity index (χ4n) is 5.07. The summed E-state index contributed by atoms with van der Waals surface area (Å²) in [5.74, 6) is -0.265. The van der Waals surface area contributed by atoms with E-state index in [0.717, 1.165) is 32.8 Å². The maximum atomic E-state index is 13.2. The van der Waals surface area contributed by atoms with Crippen molar-refractivity contribution in [2.24, 2.45) is 0 Å². The van der Waals surface area contributed by atoms with Gasteiger partial charge in [0.25, 0.3) is 0 Å². The minimum atomic E-state index is -4.78. The number of anilines is 1. The first-order chi connectivity index (χ1) is 19.7. The number of benzene rings is 3. The van der Waals surface area contributed by atoms with E-state index in [0.29, 0.717) is 30.7 Å². The van der Waals surface area contributed by atoms with Gasteiger partial charge in [-0.25, -0.2) is 0 Å². The normalized spacial score (nSPS) is 15.2. The molecule has 0 saturated carbocycles. The minimum absolute atomic E-state index is 0.0852. The van der Waals surface area contributed by atoms with Crippen molar-refractivity contribution in [1.82, 2.24) is 15.1 Å². The monoisotopic (exact) mass is 628 g/mol. The van der Waals surface area contributed by atoms with Gasteiger partial charge in [0.1, 0.15) is 0 Å². The van der Waals surface area contributed by atoms with E-state index >= 15 is 0 Å². The zero-order valence-corrected chi connectivity index (χ0v) is 24.2. The molecule has 2 heterocycles. The molecular weight excluding hydrogens is 600 g/mol. The summed E-state index contributed by atoms with van der Waals surface area (Å²) in [6.45, 7) is 1.06. The van der Waals surface area contributed by atoms with Gasteiger partial charge in [-0.05, 0) is 0 Å². The zero-order valence-electron chi connectivity index (χ0n) is 22.1. The van der Waals surface area contributed by atoms with Crippen LogP contribution in [0.15, 0.2) is 72.9 Å². The SMILES string of the molecule is COC(=O)n1ncc2c([AsH]C(=O)NC3Cc4ccc(OC(F)(F)F)cc4N(CCCc4ccccc4)C3)cccc21. The van der Waals surface area contributed by atoms with E-state index in [-0.39, 0.29) is 16.5 Å². The van der Waals surface area contributed by atoms with Crippen molar-refractivity contribution in [1.29, 1.82) is 0 Å². The van der Waals surface area contributed by atoms with Crippen LogP contribution in [0.2, 0.25) is 0 Å². The molecule has 1 N–H and O–H groups in total. The van der Waals surface area contributed by atoms with Crippen LogP contribution < -0.4 is 19.3 Å². The van der Waals surface area contributed by atoms with Crippen molar-refractivity contribution in [3.63, 3.8) is 0 Å². The first-order valence-electron chi connectivity index (χ1n) is 13.0. The van der Waals surface area contributed by atoms with Gasteiger partial charge in [0.2, 0.25) is 0 Å². The second-order valence-corrected chi connectivity index (χ2v) is 12.2. The van der Waals surface area contributed by atoms with Crippen LogP contribution in [-0.4, -0.2) is 68.9 Å². The van der Waals surface area contributed by atoms with Crippen LogP contribution in [0.3, 0.4) is 0 Å². The molecule has 5 rings (SSSR count). The van der Waals surface area contributed by atoms with Gasteiger partial charge in [-0.15, -0.1) is 0 Å². The van der Waals surface area contributed by atoms with Gasteiger partial charge in [-0.2, -0.15) is 0 Å². The Morgan fingerprint density at radius 1 is 1.10 bits per heavy atom. The van der Waals surface area contributed by atoms with Gasteiger partial charge in [0.05, 0.1) is 0 Å². The fourth-order valence-corrected chi connectivity index (χ4v) is 7.22. The molecule has 8 nitrogen and oxygen atoms in total. The molecule has 0 spiro atoms. The quantitative estimate of drug-likeness (QED) is 0.292. The molecule has 0 saturated heterocycles. The third-order valence-corrected chi connectivity index (χ3v) is 9.08. The molecule has 3 aromatic carbocycles. The molecule has 2 atom stereocenters. The predicted molar refractivity (Wildman–Crippen MR) is 150 cm³/mol. The summed E-state index contributed by atoms with van der Waals surface area (Å²) >= 11 is -1.31. The van der Waals surface area contributed by atoms with E-state index < -0.39 is 28.2 Å². The number of aryl methyl sites for hydroxylation is 1. The number of hydrogen-bond donors (Lipinski definition) is 1. The molecular formula is C29H28AsF3N4O4. The number of nitrogens with one attached hydrogen (secondary N) is 1. The molecule has 0 fully saturated rings. The summed E-state index contributed by atoms with van der Waals surface area (Å²) < 4.78 is 49.5. The Labute approximate surface area is 241 Å². The van der Waals surface area contributed by atoms with Crippen molar-refractivity contribution in [3.8, 4) is 5.75 Å². The number of carbonyl (C=O) groups is 2. The molecule has 0 radical (unpaired) electrons. The summed E-state index contributed by atoms with van der Waals surface area (Å²) in [7, 11) is 1.28. The van der Waals surface area contributed by atoms with Crippen molar-refractivity contribution in [2.45, 2.75) is 31.7 Å².